The molecule has 0 radical (unpaired) electrons. The Hall–Kier alpha value is -1.00. The standard InChI is InChI=1S/C12H17N3O/c1-9-6-13-7-11(14-9)12(16)8-15-4-2-10(12)3-5-15/h6-7,10,16H,2-5,8H2,1H3. The summed E-state index contributed by atoms with van der Waals surface area (Å²) in [5.41, 5.74) is 0.861. The molecule has 3 aliphatic rings. The number of hydrogen-bond donors (Lipinski definition) is 1. The number of hydrogen-bond acceptors (Lipinski definition) is 4. The van der Waals surface area contributed by atoms with Gasteiger partial charge in [0.25, 0.3) is 0 Å². The van der Waals surface area contributed by atoms with Gasteiger partial charge in [-0.2, -0.15) is 0 Å². The van der Waals surface area contributed by atoms with Gasteiger partial charge >= 0.3 is 0 Å². The summed E-state index contributed by atoms with van der Waals surface area (Å²) in [6.07, 6.45) is 5.60. The summed E-state index contributed by atoms with van der Waals surface area (Å²) in [4.78, 5) is 10.9. The van der Waals surface area contributed by atoms with Gasteiger partial charge in [-0.15, -0.1) is 0 Å². The van der Waals surface area contributed by atoms with Gasteiger partial charge in [0, 0.05) is 12.7 Å². The SMILES string of the molecule is Cc1cncc(C2(O)CN3CCC2CC3)n1. The first-order valence-corrected chi connectivity index (χ1v) is 5.92. The number of fused-ring (bicyclic) bond motifs is 3. The van der Waals surface area contributed by atoms with E-state index in [1.54, 1.807) is 12.4 Å². The van der Waals surface area contributed by atoms with Crippen molar-refractivity contribution in [3.63, 3.8) is 0 Å². The fourth-order valence-corrected chi connectivity index (χ4v) is 3.00. The van der Waals surface area contributed by atoms with Crippen LogP contribution in [0, 0.1) is 12.8 Å². The third kappa shape index (κ3) is 1.44. The van der Waals surface area contributed by atoms with Gasteiger partial charge in [-0.1, -0.05) is 0 Å². The number of aryl methyl sites for hydroxylation is 1. The maximum absolute atomic E-state index is 10.8. The quantitative estimate of drug-likeness (QED) is 0.755. The molecule has 16 heavy (non-hydrogen) atoms. The highest BCUT2D eigenvalue weighted by atomic mass is 16.3. The fraction of sp³-hybridized carbons (Fsp3) is 0.667. The van der Waals surface area contributed by atoms with Crippen LogP contribution < -0.4 is 0 Å². The van der Waals surface area contributed by atoms with Gasteiger partial charge in [0.2, 0.25) is 0 Å². The van der Waals surface area contributed by atoms with Crippen LogP contribution in [0.1, 0.15) is 24.2 Å². The highest BCUT2D eigenvalue weighted by Gasteiger charge is 2.47. The van der Waals surface area contributed by atoms with Crippen molar-refractivity contribution in [2.45, 2.75) is 25.4 Å². The Labute approximate surface area is 95.3 Å². The second-order valence-corrected chi connectivity index (χ2v) is 5.02. The lowest BCUT2D eigenvalue weighted by molar-refractivity contribution is -0.120. The summed E-state index contributed by atoms with van der Waals surface area (Å²) in [6.45, 7) is 4.87. The molecule has 1 N–H and O–H groups in total. The Bertz CT molecular complexity index is 401. The molecule has 4 rings (SSSR count). The lowest BCUT2D eigenvalue weighted by Gasteiger charge is -2.49. The maximum atomic E-state index is 10.8. The van der Waals surface area contributed by atoms with Crippen LogP contribution in [0.25, 0.3) is 0 Å². The zero-order valence-electron chi connectivity index (χ0n) is 9.56. The zero-order chi connectivity index (χ0) is 11.2. The molecule has 0 aromatic carbocycles. The van der Waals surface area contributed by atoms with Crippen LogP contribution in [-0.4, -0.2) is 39.6 Å². The predicted molar refractivity (Wildman–Crippen MR) is 59.8 cm³/mol. The van der Waals surface area contributed by atoms with E-state index in [4.69, 9.17) is 0 Å². The molecule has 0 spiro atoms. The van der Waals surface area contributed by atoms with E-state index in [0.717, 1.165) is 43.9 Å². The molecular formula is C12H17N3O. The average Bonchev–Trinajstić information content (AvgIpc) is 2.30. The topological polar surface area (TPSA) is 49.3 Å². The third-order valence-corrected chi connectivity index (χ3v) is 3.93. The van der Waals surface area contributed by atoms with E-state index in [1.807, 2.05) is 6.92 Å². The normalized spacial score (nSPS) is 37.6. The summed E-state index contributed by atoms with van der Waals surface area (Å²) >= 11 is 0. The Balaban J connectivity index is 1.99. The number of nitrogens with zero attached hydrogens (tertiary/aromatic N) is 3. The van der Waals surface area contributed by atoms with Crippen molar-refractivity contribution >= 4 is 0 Å². The fourth-order valence-electron chi connectivity index (χ4n) is 3.00. The van der Waals surface area contributed by atoms with Gasteiger partial charge in [0.1, 0.15) is 5.60 Å². The van der Waals surface area contributed by atoms with Crippen molar-refractivity contribution in [3.05, 3.63) is 23.8 Å². The van der Waals surface area contributed by atoms with Gasteiger partial charge in [-0.05, 0) is 38.8 Å². The van der Waals surface area contributed by atoms with Crippen LogP contribution >= 0.6 is 0 Å². The van der Waals surface area contributed by atoms with Crippen LogP contribution in [-0.2, 0) is 5.60 Å². The van der Waals surface area contributed by atoms with Crippen molar-refractivity contribution in [1.29, 1.82) is 0 Å². The molecular weight excluding hydrogens is 202 g/mol. The molecule has 4 nitrogen and oxygen atoms in total. The molecule has 3 fully saturated rings. The van der Waals surface area contributed by atoms with Crippen LogP contribution in [0.3, 0.4) is 0 Å². The van der Waals surface area contributed by atoms with Gasteiger partial charge in [0.05, 0.1) is 17.6 Å². The van der Waals surface area contributed by atoms with Crippen LogP contribution in [0.15, 0.2) is 12.4 Å². The van der Waals surface area contributed by atoms with Crippen molar-refractivity contribution in [1.82, 2.24) is 14.9 Å². The van der Waals surface area contributed by atoms with E-state index >= 15 is 0 Å². The molecule has 1 unspecified atom stereocenters. The molecule has 0 amide bonds. The molecule has 0 aliphatic carbocycles. The minimum Gasteiger partial charge on any atom is -0.382 e. The molecule has 4 heteroatoms. The van der Waals surface area contributed by atoms with Gasteiger partial charge in [-0.25, -0.2) is 0 Å². The highest BCUT2D eigenvalue weighted by molar-refractivity contribution is 5.16. The van der Waals surface area contributed by atoms with E-state index in [9.17, 15) is 5.11 Å². The molecule has 1 aromatic heterocycles. The first-order chi connectivity index (χ1) is 7.68. The lowest BCUT2D eigenvalue weighted by atomic mass is 9.74. The highest BCUT2D eigenvalue weighted by Crippen LogP contribution is 2.41. The predicted octanol–water partition coefficient (Wildman–Crippen LogP) is 0.698. The number of piperidine rings is 3. The van der Waals surface area contributed by atoms with Crippen molar-refractivity contribution < 1.29 is 5.11 Å². The van der Waals surface area contributed by atoms with Gasteiger partial charge in [-0.3, -0.25) is 9.97 Å². The monoisotopic (exact) mass is 219 g/mol. The van der Waals surface area contributed by atoms with Crippen molar-refractivity contribution in [3.8, 4) is 0 Å². The van der Waals surface area contributed by atoms with Gasteiger partial charge < -0.3 is 10.0 Å². The second-order valence-electron chi connectivity index (χ2n) is 5.02. The maximum Gasteiger partial charge on any atom is 0.123 e. The number of aromatic nitrogens is 2. The van der Waals surface area contributed by atoms with Crippen molar-refractivity contribution in [2.24, 2.45) is 5.92 Å². The molecule has 4 heterocycles. The Morgan fingerprint density at radius 2 is 2.12 bits per heavy atom. The molecule has 3 saturated heterocycles. The van der Waals surface area contributed by atoms with Crippen LogP contribution in [0.2, 0.25) is 0 Å². The first kappa shape index (κ1) is 10.2. The Kier molecular flexibility index (Phi) is 2.23. The molecule has 3 aliphatic heterocycles. The Morgan fingerprint density at radius 3 is 2.69 bits per heavy atom. The number of aliphatic hydroxyl groups is 1. The van der Waals surface area contributed by atoms with E-state index in [0.29, 0.717) is 5.92 Å². The molecule has 1 atom stereocenters. The lowest BCUT2D eigenvalue weighted by Crippen LogP contribution is -2.57. The summed E-state index contributed by atoms with van der Waals surface area (Å²) in [6, 6.07) is 0. The zero-order valence-corrected chi connectivity index (χ0v) is 9.56. The smallest absolute Gasteiger partial charge is 0.123 e. The van der Waals surface area contributed by atoms with Crippen molar-refractivity contribution in [2.75, 3.05) is 19.6 Å². The first-order valence-electron chi connectivity index (χ1n) is 5.92. The minimum absolute atomic E-state index is 0.355. The van der Waals surface area contributed by atoms with Crippen LogP contribution in [0.5, 0.6) is 0 Å². The number of rotatable bonds is 1. The summed E-state index contributed by atoms with van der Waals surface area (Å²) in [7, 11) is 0. The molecule has 2 bridgehead atoms. The second kappa shape index (κ2) is 3.50. The van der Waals surface area contributed by atoms with Crippen LogP contribution in [0.4, 0.5) is 0 Å². The van der Waals surface area contributed by atoms with E-state index in [-0.39, 0.29) is 0 Å². The van der Waals surface area contributed by atoms with E-state index in [1.165, 1.54) is 0 Å². The van der Waals surface area contributed by atoms with Gasteiger partial charge in [0.15, 0.2) is 0 Å². The Morgan fingerprint density at radius 1 is 1.38 bits per heavy atom. The summed E-state index contributed by atoms with van der Waals surface area (Å²) in [5.74, 6) is 0.355. The third-order valence-electron chi connectivity index (χ3n) is 3.93. The minimum atomic E-state index is -0.768. The largest absolute Gasteiger partial charge is 0.382 e. The molecule has 86 valence electrons. The van der Waals surface area contributed by atoms with E-state index in [2.05, 4.69) is 14.9 Å². The summed E-state index contributed by atoms with van der Waals surface area (Å²) in [5, 5.41) is 10.8. The summed E-state index contributed by atoms with van der Waals surface area (Å²) < 4.78 is 0. The van der Waals surface area contributed by atoms with E-state index < -0.39 is 5.60 Å². The molecule has 0 saturated carbocycles. The average molecular weight is 219 g/mol. The molecule has 1 aromatic rings.